The summed E-state index contributed by atoms with van der Waals surface area (Å²) in [5, 5.41) is 13.1. The van der Waals surface area contributed by atoms with Crippen molar-refractivity contribution in [1.82, 2.24) is 0 Å². The van der Waals surface area contributed by atoms with Gasteiger partial charge in [0.15, 0.2) is 0 Å². The van der Waals surface area contributed by atoms with Gasteiger partial charge in [-0.2, -0.15) is 0 Å². The minimum atomic E-state index is 1.15. The van der Waals surface area contributed by atoms with Gasteiger partial charge in [-0.15, -0.1) is 11.3 Å². The summed E-state index contributed by atoms with van der Waals surface area (Å²) < 4.78 is 5.03. The van der Waals surface area contributed by atoms with Crippen LogP contribution in [0.3, 0.4) is 0 Å². The Kier molecular flexibility index (Phi) is 3.82. The van der Waals surface area contributed by atoms with E-state index in [9.17, 15) is 0 Å². The molecule has 0 bridgehead atoms. The van der Waals surface area contributed by atoms with Crippen molar-refractivity contribution >= 4 is 106 Å². The molecule has 0 spiro atoms. The summed E-state index contributed by atoms with van der Waals surface area (Å²) in [6, 6.07) is 31.1. The van der Waals surface area contributed by atoms with E-state index >= 15 is 0 Å². The van der Waals surface area contributed by atoms with Crippen molar-refractivity contribution < 1.29 is 0 Å². The van der Waals surface area contributed by atoms with Gasteiger partial charge < -0.3 is 0 Å². The molecular formula is C28H14Br2S. The Hall–Kier alpha value is -2.46. The van der Waals surface area contributed by atoms with Crippen molar-refractivity contribution in [1.29, 1.82) is 0 Å². The molecule has 0 saturated heterocycles. The molecule has 0 N–H and O–H groups in total. The number of hydrogen-bond acceptors (Lipinski definition) is 1. The average molecular weight is 542 g/mol. The van der Waals surface area contributed by atoms with Gasteiger partial charge in [0.25, 0.3) is 0 Å². The maximum absolute atomic E-state index is 3.82. The predicted molar refractivity (Wildman–Crippen MR) is 145 cm³/mol. The zero-order valence-corrected chi connectivity index (χ0v) is 20.2. The highest BCUT2D eigenvalue weighted by atomic mass is 79.9. The molecule has 7 rings (SSSR count). The van der Waals surface area contributed by atoms with Gasteiger partial charge in [-0.05, 0) is 39.1 Å². The van der Waals surface area contributed by atoms with Gasteiger partial charge in [-0.25, -0.2) is 0 Å². The fraction of sp³-hybridized carbons (Fsp3) is 0. The van der Waals surface area contributed by atoms with Gasteiger partial charge in [0.2, 0.25) is 0 Å². The molecule has 1 heterocycles. The van der Waals surface area contributed by atoms with Crippen LogP contribution in [0.1, 0.15) is 0 Å². The van der Waals surface area contributed by atoms with E-state index in [1.807, 2.05) is 11.3 Å². The number of thiophene rings is 1. The van der Waals surface area contributed by atoms with E-state index < -0.39 is 0 Å². The van der Waals surface area contributed by atoms with Crippen molar-refractivity contribution in [2.45, 2.75) is 0 Å². The number of benzene rings is 6. The second-order valence-corrected chi connectivity index (χ2v) is 10.7. The van der Waals surface area contributed by atoms with Crippen LogP contribution in [0.5, 0.6) is 0 Å². The van der Waals surface area contributed by atoms with Crippen molar-refractivity contribution in [3.63, 3.8) is 0 Å². The Balaban J connectivity index is 1.69. The van der Waals surface area contributed by atoms with Crippen molar-refractivity contribution in [2.24, 2.45) is 0 Å². The lowest BCUT2D eigenvalue weighted by molar-refractivity contribution is 1.75. The van der Waals surface area contributed by atoms with Crippen LogP contribution in [0.25, 0.3) is 63.3 Å². The third kappa shape index (κ3) is 2.46. The molecule has 31 heavy (non-hydrogen) atoms. The van der Waals surface area contributed by atoms with E-state index in [0.717, 1.165) is 8.95 Å². The third-order valence-electron chi connectivity index (χ3n) is 6.38. The summed E-state index contributed by atoms with van der Waals surface area (Å²) in [6.45, 7) is 0. The fourth-order valence-corrected chi connectivity index (χ4v) is 7.49. The Morgan fingerprint density at radius 1 is 0.452 bits per heavy atom. The van der Waals surface area contributed by atoms with E-state index in [4.69, 9.17) is 0 Å². The Morgan fingerprint density at radius 3 is 1.90 bits per heavy atom. The highest BCUT2D eigenvalue weighted by Gasteiger charge is 2.15. The highest BCUT2D eigenvalue weighted by Crippen LogP contribution is 2.45. The van der Waals surface area contributed by atoms with E-state index in [1.54, 1.807) is 0 Å². The van der Waals surface area contributed by atoms with Gasteiger partial charge >= 0.3 is 0 Å². The second-order valence-electron chi connectivity index (χ2n) is 7.98. The van der Waals surface area contributed by atoms with Crippen LogP contribution in [-0.2, 0) is 0 Å². The molecule has 0 nitrogen and oxygen atoms in total. The largest absolute Gasteiger partial charge is 0.134 e. The smallest absolute Gasteiger partial charge is 0.0434 e. The molecule has 0 saturated carbocycles. The van der Waals surface area contributed by atoms with Gasteiger partial charge in [0.1, 0.15) is 0 Å². The van der Waals surface area contributed by atoms with Crippen molar-refractivity contribution in [3.05, 3.63) is 93.9 Å². The maximum atomic E-state index is 3.82. The Bertz CT molecular complexity index is 1860. The molecule has 0 amide bonds. The molecule has 0 aliphatic heterocycles. The van der Waals surface area contributed by atoms with E-state index in [1.165, 1.54) is 63.3 Å². The molecule has 1 aromatic heterocycles. The van der Waals surface area contributed by atoms with Crippen LogP contribution in [0.4, 0.5) is 0 Å². The molecule has 0 aliphatic rings. The molecule has 0 radical (unpaired) electrons. The lowest BCUT2D eigenvalue weighted by atomic mass is 9.98. The van der Waals surface area contributed by atoms with Crippen molar-refractivity contribution in [2.75, 3.05) is 0 Å². The van der Waals surface area contributed by atoms with Gasteiger partial charge in [-0.1, -0.05) is 105 Å². The summed E-state index contributed by atoms with van der Waals surface area (Å²) in [5.74, 6) is 0. The van der Waals surface area contributed by atoms with Gasteiger partial charge in [0, 0.05) is 45.3 Å². The number of fused-ring (bicyclic) bond motifs is 11. The van der Waals surface area contributed by atoms with E-state index in [0.29, 0.717) is 0 Å². The van der Waals surface area contributed by atoms with Crippen molar-refractivity contribution in [3.8, 4) is 0 Å². The summed E-state index contributed by atoms with van der Waals surface area (Å²) in [7, 11) is 0. The van der Waals surface area contributed by atoms with Crippen LogP contribution < -0.4 is 0 Å². The lowest BCUT2D eigenvalue weighted by Gasteiger charge is -2.07. The zero-order valence-electron chi connectivity index (χ0n) is 16.2. The Morgan fingerprint density at radius 2 is 1.06 bits per heavy atom. The quantitative estimate of drug-likeness (QED) is 0.167. The second kappa shape index (κ2) is 6.52. The first-order valence-electron chi connectivity index (χ1n) is 10.2. The van der Waals surface area contributed by atoms with E-state index in [-0.39, 0.29) is 0 Å². The minimum Gasteiger partial charge on any atom is -0.134 e. The van der Waals surface area contributed by atoms with E-state index in [2.05, 4.69) is 117 Å². The first-order valence-corrected chi connectivity index (χ1v) is 12.6. The third-order valence-corrected chi connectivity index (χ3v) is 8.98. The van der Waals surface area contributed by atoms with Gasteiger partial charge in [0.05, 0.1) is 0 Å². The molecule has 0 unspecified atom stereocenters. The fourth-order valence-electron chi connectivity index (χ4n) is 4.97. The zero-order chi connectivity index (χ0) is 20.7. The monoisotopic (exact) mass is 540 g/mol. The summed E-state index contributed by atoms with van der Waals surface area (Å²) in [6.07, 6.45) is 0. The molecule has 0 fully saturated rings. The van der Waals surface area contributed by atoms with Crippen LogP contribution in [0, 0.1) is 0 Å². The average Bonchev–Trinajstić information content (AvgIpc) is 3.19. The predicted octanol–water partition coefficient (Wildman–Crippen LogP) is 10.2. The highest BCUT2D eigenvalue weighted by molar-refractivity contribution is 9.11. The maximum Gasteiger partial charge on any atom is 0.0434 e. The summed E-state index contributed by atoms with van der Waals surface area (Å²) in [4.78, 5) is 0. The van der Waals surface area contributed by atoms with Crippen LogP contribution in [0.15, 0.2) is 93.9 Å². The molecule has 7 aromatic rings. The first kappa shape index (κ1) is 18.1. The normalized spacial score (nSPS) is 12.2. The van der Waals surface area contributed by atoms with Crippen LogP contribution in [-0.4, -0.2) is 0 Å². The summed E-state index contributed by atoms with van der Waals surface area (Å²) in [5.41, 5.74) is 0. The topological polar surface area (TPSA) is 0 Å². The van der Waals surface area contributed by atoms with Crippen LogP contribution in [0.2, 0.25) is 0 Å². The summed E-state index contributed by atoms with van der Waals surface area (Å²) >= 11 is 9.52. The lowest BCUT2D eigenvalue weighted by Crippen LogP contribution is -1.80. The number of rotatable bonds is 0. The number of hydrogen-bond donors (Lipinski definition) is 0. The molecule has 0 atom stereocenters. The SMILES string of the molecule is Brc1cc2c(ccc3c4ccc5c(ccc6cccc(Br)c65)c4sc23)c2ccccc12. The van der Waals surface area contributed by atoms with Crippen LogP contribution >= 0.6 is 43.2 Å². The Labute approximate surface area is 199 Å². The molecule has 6 aromatic carbocycles. The molecule has 146 valence electrons. The molecule has 0 aliphatic carbocycles. The first-order chi connectivity index (χ1) is 15.2. The number of halogens is 2. The standard InChI is InChI=1S/C28H14Br2S/c29-24-7-3-4-15-8-9-20-19(26(15)24)11-13-21-22-12-10-17-16-5-1-2-6-18(16)25(30)14-23(17)28(22)31-27(20)21/h1-14H. The molecular weight excluding hydrogens is 528 g/mol. The van der Waals surface area contributed by atoms with Gasteiger partial charge in [-0.3, -0.25) is 0 Å². The minimum absolute atomic E-state index is 1.15. The molecule has 3 heteroatoms.